The van der Waals surface area contributed by atoms with E-state index in [1.165, 1.54) is 32.6 Å². The van der Waals surface area contributed by atoms with Crippen LogP contribution in [-0.2, 0) is 14.3 Å². The van der Waals surface area contributed by atoms with Crippen LogP contribution in [0.1, 0.15) is 73.1 Å². The fourth-order valence-corrected chi connectivity index (χ4v) is 6.06. The summed E-state index contributed by atoms with van der Waals surface area (Å²) in [5, 5.41) is 0. The summed E-state index contributed by atoms with van der Waals surface area (Å²) in [5.41, 5.74) is 0.635. The van der Waals surface area contributed by atoms with Gasteiger partial charge < -0.3 is 9.47 Å². The molecule has 0 bridgehead atoms. The van der Waals surface area contributed by atoms with Crippen LogP contribution in [-0.4, -0.2) is 17.9 Å². The topological polar surface area (TPSA) is 35.5 Å². The minimum atomic E-state index is -0.335. The molecule has 1 unspecified atom stereocenters. The largest absolute Gasteiger partial charge is 0.436 e. The van der Waals surface area contributed by atoms with Crippen LogP contribution in [0.3, 0.4) is 0 Å². The van der Waals surface area contributed by atoms with E-state index in [2.05, 4.69) is 27.7 Å². The van der Waals surface area contributed by atoms with Gasteiger partial charge in [0.1, 0.15) is 0 Å². The van der Waals surface area contributed by atoms with Gasteiger partial charge in [-0.1, -0.05) is 27.2 Å². The monoisotopic (exact) mass is 294 g/mol. The predicted octanol–water partition coefficient (Wildman–Crippen LogP) is 4.30. The van der Waals surface area contributed by atoms with E-state index in [0.717, 1.165) is 18.8 Å². The first-order chi connectivity index (χ1) is 9.67. The zero-order valence-corrected chi connectivity index (χ0v) is 14.2. The smallest absolute Gasteiger partial charge is 0.304 e. The third-order valence-corrected chi connectivity index (χ3v) is 6.86. The van der Waals surface area contributed by atoms with Gasteiger partial charge in [-0.2, -0.15) is 0 Å². The zero-order chi connectivity index (χ0) is 15.5. The molecule has 0 radical (unpaired) electrons. The van der Waals surface area contributed by atoms with Crippen molar-refractivity contribution in [2.45, 2.75) is 85.0 Å². The molecular formula is C18H30O3. The molecule has 0 aromatic rings. The summed E-state index contributed by atoms with van der Waals surface area (Å²) in [6.07, 6.45) is 6.81. The van der Waals surface area contributed by atoms with Crippen LogP contribution in [0, 0.1) is 22.7 Å². The van der Waals surface area contributed by atoms with Gasteiger partial charge in [-0.05, 0) is 55.3 Å². The maximum absolute atomic E-state index is 11.3. The SMILES string of the molecule is CC(=O)O[C@H]1C[C@H]2[C@@](C)(CCC3C(C)(C)CCC[C@@]32C)O1. The molecule has 0 N–H and O–H groups in total. The number of hydrogen-bond donors (Lipinski definition) is 0. The first kappa shape index (κ1) is 15.3. The van der Waals surface area contributed by atoms with Gasteiger partial charge in [0.15, 0.2) is 0 Å². The molecule has 3 rings (SSSR count). The summed E-state index contributed by atoms with van der Waals surface area (Å²) in [7, 11) is 0. The quantitative estimate of drug-likeness (QED) is 0.676. The maximum Gasteiger partial charge on any atom is 0.304 e. The number of esters is 1. The second-order valence-corrected chi connectivity index (χ2v) is 8.70. The lowest BCUT2D eigenvalue weighted by molar-refractivity contribution is -0.199. The molecular weight excluding hydrogens is 264 g/mol. The average molecular weight is 294 g/mol. The van der Waals surface area contributed by atoms with Gasteiger partial charge in [-0.3, -0.25) is 4.79 Å². The molecule has 120 valence electrons. The van der Waals surface area contributed by atoms with E-state index in [1.807, 2.05) is 0 Å². The number of carbonyl (C=O) groups is 1. The minimum Gasteiger partial charge on any atom is -0.436 e. The van der Waals surface area contributed by atoms with Crippen molar-refractivity contribution in [1.82, 2.24) is 0 Å². The molecule has 21 heavy (non-hydrogen) atoms. The van der Waals surface area contributed by atoms with E-state index in [1.54, 1.807) is 0 Å². The third kappa shape index (κ3) is 2.32. The summed E-state index contributed by atoms with van der Waals surface area (Å²) in [6, 6.07) is 0. The van der Waals surface area contributed by atoms with Crippen molar-refractivity contribution in [2.75, 3.05) is 0 Å². The van der Waals surface area contributed by atoms with Crippen molar-refractivity contribution >= 4 is 5.97 Å². The maximum atomic E-state index is 11.3. The van der Waals surface area contributed by atoms with Crippen LogP contribution in [0.5, 0.6) is 0 Å². The summed E-state index contributed by atoms with van der Waals surface area (Å²) in [6.45, 7) is 11.1. The van der Waals surface area contributed by atoms with Crippen molar-refractivity contribution in [2.24, 2.45) is 22.7 Å². The van der Waals surface area contributed by atoms with Crippen molar-refractivity contribution in [1.29, 1.82) is 0 Å². The molecule has 5 atom stereocenters. The summed E-state index contributed by atoms with van der Waals surface area (Å²) < 4.78 is 11.6. The first-order valence-electron chi connectivity index (χ1n) is 8.52. The van der Waals surface area contributed by atoms with Gasteiger partial charge in [0.2, 0.25) is 6.29 Å². The van der Waals surface area contributed by atoms with Crippen LogP contribution >= 0.6 is 0 Å². The number of hydrogen-bond acceptors (Lipinski definition) is 3. The van der Waals surface area contributed by atoms with E-state index in [9.17, 15) is 4.79 Å². The molecule has 3 nitrogen and oxygen atoms in total. The van der Waals surface area contributed by atoms with Crippen LogP contribution in [0.2, 0.25) is 0 Å². The number of rotatable bonds is 1. The fraction of sp³-hybridized carbons (Fsp3) is 0.944. The Morgan fingerprint density at radius 2 is 1.81 bits per heavy atom. The van der Waals surface area contributed by atoms with Gasteiger partial charge in [0.05, 0.1) is 5.60 Å². The van der Waals surface area contributed by atoms with Gasteiger partial charge in [-0.25, -0.2) is 0 Å². The fourth-order valence-electron chi connectivity index (χ4n) is 6.06. The summed E-state index contributed by atoms with van der Waals surface area (Å²) in [4.78, 5) is 11.3. The highest BCUT2D eigenvalue weighted by Gasteiger charge is 2.62. The Balaban J connectivity index is 1.89. The lowest BCUT2D eigenvalue weighted by Gasteiger charge is -2.60. The molecule has 3 aliphatic rings. The van der Waals surface area contributed by atoms with Crippen LogP contribution in [0.25, 0.3) is 0 Å². The van der Waals surface area contributed by atoms with E-state index < -0.39 is 0 Å². The minimum absolute atomic E-state index is 0.112. The van der Waals surface area contributed by atoms with Crippen molar-refractivity contribution < 1.29 is 14.3 Å². The van der Waals surface area contributed by atoms with E-state index >= 15 is 0 Å². The molecule has 0 aromatic carbocycles. The molecule has 1 saturated heterocycles. The number of ether oxygens (including phenoxy) is 2. The second kappa shape index (κ2) is 4.71. The third-order valence-electron chi connectivity index (χ3n) is 6.86. The molecule has 2 aliphatic carbocycles. The highest BCUT2D eigenvalue weighted by atomic mass is 16.7. The van der Waals surface area contributed by atoms with Crippen molar-refractivity contribution in [3.63, 3.8) is 0 Å². The predicted molar refractivity (Wildman–Crippen MR) is 81.6 cm³/mol. The Hall–Kier alpha value is -0.570. The van der Waals surface area contributed by atoms with Crippen LogP contribution < -0.4 is 0 Å². The standard InChI is InChI=1S/C18H30O3/c1-12(19)20-15-11-14-17(4)9-6-8-16(2,3)13(17)7-10-18(14,5)21-15/h13-15H,6-11H2,1-5H3/t13?,14-,15-,17+,18-/m1/s1. The Bertz CT molecular complexity index is 444. The molecule has 1 heterocycles. The van der Waals surface area contributed by atoms with Gasteiger partial charge in [0.25, 0.3) is 0 Å². The molecule has 1 aliphatic heterocycles. The zero-order valence-electron chi connectivity index (χ0n) is 14.2. The highest BCUT2D eigenvalue weighted by Crippen LogP contribution is 2.65. The second-order valence-electron chi connectivity index (χ2n) is 8.70. The van der Waals surface area contributed by atoms with Gasteiger partial charge in [0, 0.05) is 13.3 Å². The number of carbonyl (C=O) groups excluding carboxylic acids is 1. The van der Waals surface area contributed by atoms with E-state index in [0.29, 0.717) is 16.7 Å². The molecule has 0 spiro atoms. The lowest BCUT2D eigenvalue weighted by Crippen LogP contribution is -2.55. The Labute approximate surface area is 128 Å². The number of fused-ring (bicyclic) bond motifs is 3. The normalized spacial score (nSPS) is 48.3. The van der Waals surface area contributed by atoms with Gasteiger partial charge in [-0.15, -0.1) is 0 Å². The highest BCUT2D eigenvalue weighted by molar-refractivity contribution is 5.66. The first-order valence-corrected chi connectivity index (χ1v) is 8.52. The molecule has 0 amide bonds. The Kier molecular flexibility index (Phi) is 3.44. The average Bonchev–Trinajstić information content (AvgIpc) is 2.65. The van der Waals surface area contributed by atoms with E-state index in [-0.39, 0.29) is 17.9 Å². The van der Waals surface area contributed by atoms with Crippen LogP contribution in [0.15, 0.2) is 0 Å². The lowest BCUT2D eigenvalue weighted by atomic mass is 9.45. The molecule has 0 aromatic heterocycles. The Morgan fingerprint density at radius 3 is 2.48 bits per heavy atom. The summed E-state index contributed by atoms with van der Waals surface area (Å²) >= 11 is 0. The molecule has 2 saturated carbocycles. The van der Waals surface area contributed by atoms with Gasteiger partial charge >= 0.3 is 5.97 Å². The van der Waals surface area contributed by atoms with E-state index in [4.69, 9.17) is 9.47 Å². The summed E-state index contributed by atoms with van der Waals surface area (Å²) in [5.74, 6) is 1.04. The van der Waals surface area contributed by atoms with Crippen molar-refractivity contribution in [3.05, 3.63) is 0 Å². The van der Waals surface area contributed by atoms with Crippen LogP contribution in [0.4, 0.5) is 0 Å². The molecule has 3 heteroatoms. The Morgan fingerprint density at radius 1 is 1.10 bits per heavy atom. The molecule has 3 fully saturated rings. The van der Waals surface area contributed by atoms with Crippen molar-refractivity contribution in [3.8, 4) is 0 Å².